The molecule has 1 aliphatic heterocycles. The fourth-order valence-electron chi connectivity index (χ4n) is 2.11. The van der Waals surface area contributed by atoms with E-state index in [1.54, 1.807) is 0 Å². The highest BCUT2D eigenvalue weighted by Gasteiger charge is 2.15. The number of hydrogen-bond donors (Lipinski definition) is 2. The number of rotatable bonds is 7. The Morgan fingerprint density at radius 1 is 1.38 bits per heavy atom. The maximum absolute atomic E-state index is 13.0. The number of nitrogens with zero attached hydrogens (tertiary/aromatic N) is 1. The molecule has 0 amide bonds. The Bertz CT molecular complexity index is 547. The first-order valence-electron chi connectivity index (χ1n) is 7.00. The number of sulfonamides is 1. The van der Waals surface area contributed by atoms with Crippen molar-refractivity contribution in [1.82, 2.24) is 15.0 Å². The summed E-state index contributed by atoms with van der Waals surface area (Å²) >= 11 is 0. The average molecular weight is 317 g/mol. The second-order valence-electron chi connectivity index (χ2n) is 4.91. The van der Waals surface area contributed by atoms with E-state index in [1.807, 2.05) is 0 Å². The molecule has 0 bridgehead atoms. The number of aromatic nitrogens is 1. The predicted octanol–water partition coefficient (Wildman–Crippen LogP) is 0.658. The van der Waals surface area contributed by atoms with Gasteiger partial charge in [-0.3, -0.25) is 4.98 Å². The number of piperidine rings is 1. The van der Waals surface area contributed by atoms with Crippen molar-refractivity contribution in [3.63, 3.8) is 0 Å². The minimum Gasteiger partial charge on any atom is -0.378 e. The van der Waals surface area contributed by atoms with E-state index in [9.17, 15) is 12.8 Å². The van der Waals surface area contributed by atoms with Gasteiger partial charge >= 0.3 is 0 Å². The lowest BCUT2D eigenvalue weighted by atomic mass is 10.1. The Kier molecular flexibility index (Phi) is 6.04. The molecule has 0 saturated carbocycles. The van der Waals surface area contributed by atoms with Crippen LogP contribution in [0.3, 0.4) is 0 Å². The van der Waals surface area contributed by atoms with E-state index in [0.29, 0.717) is 13.0 Å². The van der Waals surface area contributed by atoms with Crippen molar-refractivity contribution in [3.8, 4) is 0 Å². The van der Waals surface area contributed by atoms with E-state index in [4.69, 9.17) is 4.74 Å². The molecule has 0 radical (unpaired) electrons. The van der Waals surface area contributed by atoms with Gasteiger partial charge in [0.25, 0.3) is 0 Å². The first kappa shape index (κ1) is 16.3. The van der Waals surface area contributed by atoms with Crippen LogP contribution in [-0.4, -0.2) is 45.7 Å². The van der Waals surface area contributed by atoms with Crippen LogP contribution in [0.2, 0.25) is 0 Å². The van der Waals surface area contributed by atoms with Crippen molar-refractivity contribution in [1.29, 1.82) is 0 Å². The lowest BCUT2D eigenvalue weighted by molar-refractivity contribution is 0.0322. The maximum Gasteiger partial charge on any atom is 0.242 e. The highest BCUT2D eigenvalue weighted by molar-refractivity contribution is 7.89. The molecule has 6 nitrogen and oxygen atoms in total. The second-order valence-corrected chi connectivity index (χ2v) is 6.68. The summed E-state index contributed by atoms with van der Waals surface area (Å²) in [5, 5.41) is 3.25. The third-order valence-corrected chi connectivity index (χ3v) is 4.67. The molecule has 0 atom stereocenters. The summed E-state index contributed by atoms with van der Waals surface area (Å²) in [4.78, 5) is 3.37. The van der Waals surface area contributed by atoms with Crippen LogP contribution in [0.15, 0.2) is 23.4 Å². The van der Waals surface area contributed by atoms with Gasteiger partial charge in [-0.1, -0.05) is 0 Å². The first-order chi connectivity index (χ1) is 10.1. The Labute approximate surface area is 124 Å². The topological polar surface area (TPSA) is 80.3 Å². The molecule has 1 saturated heterocycles. The van der Waals surface area contributed by atoms with E-state index in [2.05, 4.69) is 15.0 Å². The summed E-state index contributed by atoms with van der Waals surface area (Å²) in [7, 11) is -3.71. The standard InChI is InChI=1S/C13H20FN3O3S/c14-11-8-13(10-16-9-11)21(18,19)17-4-1-7-20-12-2-5-15-6-3-12/h8-10,12,15,17H,1-7H2. The zero-order valence-corrected chi connectivity index (χ0v) is 12.5. The number of hydrogen-bond acceptors (Lipinski definition) is 5. The highest BCUT2D eigenvalue weighted by Crippen LogP contribution is 2.09. The van der Waals surface area contributed by atoms with Crippen molar-refractivity contribution in [2.75, 3.05) is 26.2 Å². The quantitative estimate of drug-likeness (QED) is 0.722. The molecular formula is C13H20FN3O3S. The Morgan fingerprint density at radius 3 is 2.86 bits per heavy atom. The van der Waals surface area contributed by atoms with Crippen molar-refractivity contribution >= 4 is 10.0 Å². The largest absolute Gasteiger partial charge is 0.378 e. The van der Waals surface area contributed by atoms with Gasteiger partial charge in [-0.05, 0) is 38.4 Å². The van der Waals surface area contributed by atoms with E-state index < -0.39 is 15.8 Å². The molecule has 8 heteroatoms. The molecule has 2 N–H and O–H groups in total. The van der Waals surface area contributed by atoms with Crippen LogP contribution >= 0.6 is 0 Å². The van der Waals surface area contributed by atoms with E-state index in [0.717, 1.165) is 44.4 Å². The molecule has 0 aromatic carbocycles. The summed E-state index contributed by atoms with van der Waals surface area (Å²) in [6, 6.07) is 0.945. The lowest BCUT2D eigenvalue weighted by Crippen LogP contribution is -2.33. The van der Waals surface area contributed by atoms with Crippen LogP contribution in [0.5, 0.6) is 0 Å². The van der Waals surface area contributed by atoms with Gasteiger partial charge in [0.05, 0.1) is 12.3 Å². The molecule has 1 aromatic heterocycles. The summed E-state index contributed by atoms with van der Waals surface area (Å²) in [5.74, 6) is -0.674. The van der Waals surface area contributed by atoms with Crippen LogP contribution in [0.25, 0.3) is 0 Å². The zero-order valence-electron chi connectivity index (χ0n) is 11.7. The van der Waals surface area contributed by atoms with E-state index >= 15 is 0 Å². The third-order valence-electron chi connectivity index (χ3n) is 3.24. The van der Waals surface area contributed by atoms with Gasteiger partial charge in [0.1, 0.15) is 10.7 Å². The molecule has 1 aliphatic rings. The van der Waals surface area contributed by atoms with Crippen LogP contribution in [0, 0.1) is 5.82 Å². The molecule has 2 rings (SSSR count). The summed E-state index contributed by atoms with van der Waals surface area (Å²) < 4.78 is 44.8. The first-order valence-corrected chi connectivity index (χ1v) is 8.49. The van der Waals surface area contributed by atoms with Gasteiger partial charge in [-0.15, -0.1) is 0 Å². The Hall–Kier alpha value is -1.09. The fraction of sp³-hybridized carbons (Fsp3) is 0.615. The highest BCUT2D eigenvalue weighted by atomic mass is 32.2. The second kappa shape index (κ2) is 7.79. The summed E-state index contributed by atoms with van der Waals surface area (Å²) in [5.41, 5.74) is 0. The number of halogens is 1. The molecule has 21 heavy (non-hydrogen) atoms. The lowest BCUT2D eigenvalue weighted by Gasteiger charge is -2.22. The van der Waals surface area contributed by atoms with Gasteiger partial charge in [-0.25, -0.2) is 17.5 Å². The number of ether oxygens (including phenoxy) is 1. The van der Waals surface area contributed by atoms with Gasteiger partial charge in [0, 0.05) is 19.3 Å². The smallest absolute Gasteiger partial charge is 0.242 e. The minimum atomic E-state index is -3.71. The summed E-state index contributed by atoms with van der Waals surface area (Å²) in [6.07, 6.45) is 4.89. The Balaban J connectivity index is 1.70. The van der Waals surface area contributed by atoms with Gasteiger partial charge in [-0.2, -0.15) is 0 Å². The molecule has 1 fully saturated rings. The van der Waals surface area contributed by atoms with Crippen LogP contribution in [0.1, 0.15) is 19.3 Å². The summed E-state index contributed by atoms with van der Waals surface area (Å²) in [6.45, 7) is 2.69. The van der Waals surface area contributed by atoms with Crippen molar-refractivity contribution < 1.29 is 17.5 Å². The monoisotopic (exact) mass is 317 g/mol. The van der Waals surface area contributed by atoms with Crippen molar-refractivity contribution in [2.24, 2.45) is 0 Å². The molecule has 2 heterocycles. The molecule has 0 unspecified atom stereocenters. The van der Waals surface area contributed by atoms with Gasteiger partial charge in [0.15, 0.2) is 0 Å². The Morgan fingerprint density at radius 2 is 2.14 bits per heavy atom. The fourth-order valence-corrected chi connectivity index (χ4v) is 3.16. The van der Waals surface area contributed by atoms with Crippen LogP contribution in [0.4, 0.5) is 4.39 Å². The van der Waals surface area contributed by atoms with E-state index in [1.165, 1.54) is 0 Å². The van der Waals surface area contributed by atoms with Crippen molar-refractivity contribution in [3.05, 3.63) is 24.3 Å². The zero-order chi connectivity index (χ0) is 15.1. The van der Waals surface area contributed by atoms with Crippen LogP contribution < -0.4 is 10.0 Å². The predicted molar refractivity (Wildman–Crippen MR) is 75.8 cm³/mol. The number of pyridine rings is 1. The number of nitrogens with one attached hydrogen (secondary N) is 2. The molecule has 0 spiro atoms. The normalized spacial score (nSPS) is 17.0. The molecule has 118 valence electrons. The van der Waals surface area contributed by atoms with E-state index in [-0.39, 0.29) is 17.5 Å². The van der Waals surface area contributed by atoms with Gasteiger partial charge in [0.2, 0.25) is 10.0 Å². The SMILES string of the molecule is O=S(=O)(NCCCOC1CCNCC1)c1cncc(F)c1. The minimum absolute atomic E-state index is 0.165. The molecule has 1 aromatic rings. The molecular weight excluding hydrogens is 297 g/mol. The van der Waals surface area contributed by atoms with Crippen molar-refractivity contribution in [2.45, 2.75) is 30.3 Å². The van der Waals surface area contributed by atoms with Crippen LogP contribution in [-0.2, 0) is 14.8 Å². The average Bonchev–Trinajstić information content (AvgIpc) is 2.48. The maximum atomic E-state index is 13.0. The third kappa shape index (κ3) is 5.31. The molecule has 0 aliphatic carbocycles. The van der Waals surface area contributed by atoms with Gasteiger partial charge < -0.3 is 10.1 Å².